The summed E-state index contributed by atoms with van der Waals surface area (Å²) >= 11 is 0. The van der Waals surface area contributed by atoms with E-state index in [1.807, 2.05) is 0 Å². The summed E-state index contributed by atoms with van der Waals surface area (Å²) in [5, 5.41) is 0. The van der Waals surface area contributed by atoms with Gasteiger partial charge in [-0.25, -0.2) is 17.6 Å². The van der Waals surface area contributed by atoms with Crippen molar-refractivity contribution in [1.82, 2.24) is 0 Å². The van der Waals surface area contributed by atoms with Crippen molar-refractivity contribution in [2.45, 2.75) is 48.1 Å². The highest BCUT2D eigenvalue weighted by Gasteiger charge is 2.71. The second kappa shape index (κ2) is 6.41. The fourth-order valence-electron chi connectivity index (χ4n) is 2.23. The first-order valence-corrected chi connectivity index (χ1v) is 6.83. The van der Waals surface area contributed by atoms with Gasteiger partial charge in [0.25, 0.3) is 11.3 Å². The summed E-state index contributed by atoms with van der Waals surface area (Å²) in [6, 6.07) is 0. The van der Waals surface area contributed by atoms with Gasteiger partial charge in [-0.1, -0.05) is 0 Å². The fourth-order valence-corrected chi connectivity index (χ4v) is 2.23. The van der Waals surface area contributed by atoms with E-state index in [2.05, 4.69) is 14.2 Å². The Kier molecular flexibility index (Phi) is 5.25. The van der Waals surface area contributed by atoms with Crippen LogP contribution in [0.15, 0.2) is 0 Å². The maximum Gasteiger partial charge on any atom is 0.427 e. The van der Waals surface area contributed by atoms with Crippen LogP contribution in [0.1, 0.15) is 0 Å². The lowest BCUT2D eigenvalue weighted by Gasteiger charge is -2.38. The molecule has 0 aliphatic carbocycles. The summed E-state index contributed by atoms with van der Waals surface area (Å²) in [5.41, 5.74) is -9.52. The first kappa shape index (κ1) is 20.5. The number of alkyl halides is 10. The molecule has 0 aromatic heterocycles. The van der Waals surface area contributed by atoms with Crippen LogP contribution in [0.4, 0.5) is 43.9 Å². The van der Waals surface area contributed by atoms with E-state index in [0.717, 1.165) is 0 Å². The summed E-state index contributed by atoms with van der Waals surface area (Å²) in [7, 11) is 0. The van der Waals surface area contributed by atoms with Gasteiger partial charge in [-0.3, -0.25) is 0 Å². The average molecular weight is 394 g/mol. The Morgan fingerprint density at radius 3 is 1.16 bits per heavy atom. The molecule has 6 unspecified atom stereocenters. The van der Waals surface area contributed by atoms with E-state index in [0.29, 0.717) is 0 Å². The van der Waals surface area contributed by atoms with Gasteiger partial charge in [-0.2, -0.15) is 26.3 Å². The summed E-state index contributed by atoms with van der Waals surface area (Å²) in [5.74, 6) is 0. The van der Waals surface area contributed by atoms with Crippen molar-refractivity contribution in [1.29, 1.82) is 0 Å². The lowest BCUT2D eigenvalue weighted by molar-refractivity contribution is -0.312. The van der Waals surface area contributed by atoms with Gasteiger partial charge in [0.2, 0.25) is 0 Å². The van der Waals surface area contributed by atoms with Gasteiger partial charge in [0.15, 0.2) is 0 Å². The molecule has 2 aliphatic rings. The summed E-state index contributed by atoms with van der Waals surface area (Å²) in [6.45, 7) is -6.57. The van der Waals surface area contributed by atoms with E-state index in [1.165, 1.54) is 0 Å². The number of hydrogen-bond acceptors (Lipinski definition) is 3. The lowest BCUT2D eigenvalue weighted by atomic mass is 9.93. The van der Waals surface area contributed by atoms with Crippen LogP contribution in [-0.4, -0.2) is 74.7 Å². The van der Waals surface area contributed by atoms with Crippen LogP contribution >= 0.6 is 0 Å². The second-order valence-electron chi connectivity index (χ2n) is 5.71. The Morgan fingerprint density at radius 1 is 0.720 bits per heavy atom. The van der Waals surface area contributed by atoms with Gasteiger partial charge in [-0.05, 0) is 0 Å². The van der Waals surface area contributed by atoms with Crippen LogP contribution in [0.25, 0.3) is 0 Å². The lowest BCUT2D eigenvalue weighted by Crippen LogP contribution is -2.62. The standard InChI is InChI=1S/C12H12F10O3/c13-3-9(15,11(17,18)19)7(5-1-23-5)25-8(6-2-24-6)10(16,4-14)12(20,21)22/h5-8H,1-4H2. The predicted molar refractivity (Wildman–Crippen MR) is 59.9 cm³/mol. The zero-order chi connectivity index (χ0) is 19.3. The van der Waals surface area contributed by atoms with E-state index in [9.17, 15) is 43.9 Å². The first-order chi connectivity index (χ1) is 11.3. The third kappa shape index (κ3) is 3.68. The third-order valence-corrected chi connectivity index (χ3v) is 3.92. The number of hydrogen-bond donors (Lipinski definition) is 0. The van der Waals surface area contributed by atoms with Gasteiger partial charge in [0.1, 0.15) is 37.8 Å². The highest BCUT2D eigenvalue weighted by molar-refractivity contribution is 5.07. The van der Waals surface area contributed by atoms with Gasteiger partial charge in [0, 0.05) is 0 Å². The molecule has 3 nitrogen and oxygen atoms in total. The Labute approximate surface area is 134 Å². The minimum absolute atomic E-state index is 0.578. The maximum absolute atomic E-state index is 14.2. The van der Waals surface area contributed by atoms with E-state index in [-0.39, 0.29) is 0 Å². The van der Waals surface area contributed by atoms with E-state index < -0.39 is 74.7 Å². The molecule has 2 aliphatic heterocycles. The molecule has 0 amide bonds. The quantitative estimate of drug-likeness (QED) is 0.469. The van der Waals surface area contributed by atoms with Crippen molar-refractivity contribution < 1.29 is 58.1 Å². The number of rotatable bonds is 8. The molecular formula is C12H12F10O3. The smallest absolute Gasteiger partial charge is 0.370 e. The van der Waals surface area contributed by atoms with Crippen molar-refractivity contribution in [3.63, 3.8) is 0 Å². The van der Waals surface area contributed by atoms with Gasteiger partial charge < -0.3 is 14.2 Å². The molecular weight excluding hydrogens is 382 g/mol. The van der Waals surface area contributed by atoms with Gasteiger partial charge in [-0.15, -0.1) is 0 Å². The zero-order valence-electron chi connectivity index (χ0n) is 12.1. The van der Waals surface area contributed by atoms with Crippen molar-refractivity contribution in [3.8, 4) is 0 Å². The molecule has 0 N–H and O–H groups in total. The molecule has 6 atom stereocenters. The molecule has 13 heteroatoms. The molecule has 0 aromatic rings. The maximum atomic E-state index is 14.2. The summed E-state index contributed by atoms with van der Waals surface area (Å²) in [6.07, 6.45) is -21.2. The highest BCUT2D eigenvalue weighted by atomic mass is 19.4. The average Bonchev–Trinajstić information content (AvgIpc) is 3.36. The molecule has 25 heavy (non-hydrogen) atoms. The highest BCUT2D eigenvalue weighted by Crippen LogP contribution is 2.47. The molecule has 0 radical (unpaired) electrons. The first-order valence-electron chi connectivity index (χ1n) is 6.83. The summed E-state index contributed by atoms with van der Waals surface area (Å²) in [4.78, 5) is 0. The number of halogens is 10. The Hall–Kier alpha value is -0.820. The van der Waals surface area contributed by atoms with Crippen molar-refractivity contribution in [2.75, 3.05) is 26.6 Å². The van der Waals surface area contributed by atoms with Gasteiger partial charge >= 0.3 is 12.4 Å². The predicted octanol–water partition coefficient (Wildman–Crippen LogP) is 3.02. The largest absolute Gasteiger partial charge is 0.427 e. The molecule has 2 rings (SSSR count). The van der Waals surface area contributed by atoms with Crippen molar-refractivity contribution in [2.24, 2.45) is 0 Å². The molecule has 148 valence electrons. The minimum Gasteiger partial charge on any atom is -0.370 e. The van der Waals surface area contributed by atoms with Crippen LogP contribution in [-0.2, 0) is 14.2 Å². The normalized spacial score (nSPS) is 31.0. The minimum atomic E-state index is -5.89. The van der Waals surface area contributed by atoms with E-state index in [1.54, 1.807) is 0 Å². The summed E-state index contributed by atoms with van der Waals surface area (Å²) < 4.78 is 144. The molecule has 2 fully saturated rings. The van der Waals surface area contributed by atoms with Gasteiger partial charge in [0.05, 0.1) is 13.2 Å². The van der Waals surface area contributed by atoms with Crippen molar-refractivity contribution in [3.05, 3.63) is 0 Å². The van der Waals surface area contributed by atoms with E-state index >= 15 is 0 Å². The third-order valence-electron chi connectivity index (χ3n) is 3.92. The SMILES string of the molecule is FCC(F)(C(OC(C1CO1)C(F)(CF)C(F)(F)F)C1CO1)C(F)(F)F. The van der Waals surface area contributed by atoms with Crippen LogP contribution < -0.4 is 0 Å². The van der Waals surface area contributed by atoms with Crippen LogP contribution in [0, 0.1) is 0 Å². The number of ether oxygens (including phenoxy) is 3. The molecule has 2 saturated heterocycles. The van der Waals surface area contributed by atoms with Crippen molar-refractivity contribution >= 4 is 0 Å². The Bertz CT molecular complexity index is 433. The van der Waals surface area contributed by atoms with Crippen LogP contribution in [0.2, 0.25) is 0 Å². The molecule has 0 bridgehead atoms. The Balaban J connectivity index is 2.36. The van der Waals surface area contributed by atoms with Crippen LogP contribution in [0.3, 0.4) is 0 Å². The molecule has 0 saturated carbocycles. The molecule has 2 heterocycles. The molecule has 0 aromatic carbocycles. The zero-order valence-corrected chi connectivity index (χ0v) is 12.1. The van der Waals surface area contributed by atoms with E-state index in [4.69, 9.17) is 0 Å². The second-order valence-corrected chi connectivity index (χ2v) is 5.71. The fraction of sp³-hybridized carbons (Fsp3) is 1.00. The van der Waals surface area contributed by atoms with Crippen LogP contribution in [0.5, 0.6) is 0 Å². The Morgan fingerprint density at radius 2 is 1.00 bits per heavy atom. The molecule has 0 spiro atoms. The number of epoxide rings is 2. The topological polar surface area (TPSA) is 34.3 Å². The monoisotopic (exact) mass is 394 g/mol.